The standard InChI is InChI=1S/C22H22N4O4/c1-22(2,28)13-30-17-8-6-15(7-9-17)18-12-26(16-5-4-10-25(11-16)29-3)20-19(18)21(27)24-14-23-20/h4-12,14,28H,13H2,1-3H3/p+1. The Labute approximate surface area is 172 Å². The summed E-state index contributed by atoms with van der Waals surface area (Å²) in [6, 6.07) is 11.2. The zero-order valence-corrected chi connectivity index (χ0v) is 17.0. The Morgan fingerprint density at radius 3 is 2.70 bits per heavy atom. The van der Waals surface area contributed by atoms with E-state index in [-0.39, 0.29) is 12.2 Å². The second-order valence-corrected chi connectivity index (χ2v) is 7.57. The van der Waals surface area contributed by atoms with E-state index in [0.717, 1.165) is 16.8 Å². The molecule has 0 aliphatic rings. The number of H-pyrrole nitrogens is 1. The van der Waals surface area contributed by atoms with E-state index >= 15 is 0 Å². The highest BCUT2D eigenvalue weighted by molar-refractivity contribution is 5.94. The van der Waals surface area contributed by atoms with Crippen molar-refractivity contribution in [1.29, 1.82) is 0 Å². The maximum Gasteiger partial charge on any atom is 0.260 e. The first-order valence-electron chi connectivity index (χ1n) is 9.46. The smallest absolute Gasteiger partial charge is 0.260 e. The number of pyridine rings is 1. The molecule has 1 aromatic carbocycles. The van der Waals surface area contributed by atoms with Crippen LogP contribution in [-0.4, -0.2) is 39.0 Å². The predicted octanol–water partition coefficient (Wildman–Crippen LogP) is 1.88. The molecule has 0 bridgehead atoms. The van der Waals surface area contributed by atoms with Crippen LogP contribution < -0.4 is 19.9 Å². The van der Waals surface area contributed by atoms with E-state index in [4.69, 9.17) is 9.57 Å². The van der Waals surface area contributed by atoms with Gasteiger partial charge in [0.15, 0.2) is 5.65 Å². The number of rotatable bonds is 6. The minimum atomic E-state index is -0.917. The van der Waals surface area contributed by atoms with Crippen molar-refractivity contribution in [3.63, 3.8) is 0 Å². The molecule has 0 aliphatic carbocycles. The Morgan fingerprint density at radius 1 is 1.23 bits per heavy atom. The first-order valence-corrected chi connectivity index (χ1v) is 9.46. The Morgan fingerprint density at radius 2 is 2.00 bits per heavy atom. The number of hydrogen-bond acceptors (Lipinski definition) is 5. The van der Waals surface area contributed by atoms with Crippen molar-refractivity contribution in [2.45, 2.75) is 19.4 Å². The Bertz CT molecular complexity index is 1240. The number of nitrogens with zero attached hydrogens (tertiary/aromatic N) is 3. The van der Waals surface area contributed by atoms with Gasteiger partial charge < -0.3 is 14.8 Å². The number of nitrogens with one attached hydrogen (secondary N) is 1. The largest absolute Gasteiger partial charge is 0.491 e. The van der Waals surface area contributed by atoms with Crippen molar-refractivity contribution in [3.8, 4) is 22.6 Å². The van der Waals surface area contributed by atoms with Crippen LogP contribution in [-0.2, 0) is 0 Å². The summed E-state index contributed by atoms with van der Waals surface area (Å²) in [5.41, 5.74) is 1.82. The molecule has 3 heterocycles. The summed E-state index contributed by atoms with van der Waals surface area (Å²) < 4.78 is 9.05. The molecule has 154 valence electrons. The van der Waals surface area contributed by atoms with Crippen molar-refractivity contribution < 1.29 is 19.4 Å². The SMILES string of the molecule is CO[n+]1cccc(-n2cc(-c3ccc(OCC(C)(C)O)cc3)c3c(=O)[nH]cnc32)c1. The van der Waals surface area contributed by atoms with Gasteiger partial charge in [0, 0.05) is 22.6 Å². The van der Waals surface area contributed by atoms with E-state index in [1.54, 1.807) is 38.1 Å². The number of aliphatic hydroxyl groups is 1. The second-order valence-electron chi connectivity index (χ2n) is 7.57. The summed E-state index contributed by atoms with van der Waals surface area (Å²) in [5, 5.41) is 10.3. The molecular weight excluding hydrogens is 384 g/mol. The molecule has 30 heavy (non-hydrogen) atoms. The second kappa shape index (κ2) is 7.64. The van der Waals surface area contributed by atoms with Crippen LogP contribution in [0.1, 0.15) is 13.8 Å². The molecule has 0 saturated heterocycles. The molecular formula is C22H23N4O4+. The fraction of sp³-hybridized carbons (Fsp3) is 0.227. The lowest BCUT2D eigenvalue weighted by Crippen LogP contribution is -2.39. The van der Waals surface area contributed by atoms with Crippen molar-refractivity contribution in [2.75, 3.05) is 13.7 Å². The third kappa shape index (κ3) is 3.90. The molecule has 0 spiro atoms. The van der Waals surface area contributed by atoms with Gasteiger partial charge in [-0.3, -0.25) is 14.2 Å². The Hall–Kier alpha value is -3.65. The third-order valence-corrected chi connectivity index (χ3v) is 4.59. The number of hydrogen-bond donors (Lipinski definition) is 2. The van der Waals surface area contributed by atoms with E-state index in [0.29, 0.717) is 16.8 Å². The van der Waals surface area contributed by atoms with Crippen LogP contribution >= 0.6 is 0 Å². The van der Waals surface area contributed by atoms with Gasteiger partial charge in [0.2, 0.25) is 12.4 Å². The number of ether oxygens (including phenoxy) is 1. The molecule has 2 N–H and O–H groups in total. The van der Waals surface area contributed by atoms with E-state index in [2.05, 4.69) is 9.97 Å². The molecule has 3 aromatic heterocycles. The molecule has 0 atom stereocenters. The average molecular weight is 407 g/mol. The summed E-state index contributed by atoms with van der Waals surface area (Å²) >= 11 is 0. The topological polar surface area (TPSA) is 93.2 Å². The summed E-state index contributed by atoms with van der Waals surface area (Å²) in [5.74, 6) is 0.640. The first kappa shape index (κ1) is 19.7. The van der Waals surface area contributed by atoms with Gasteiger partial charge in [-0.1, -0.05) is 12.1 Å². The lowest BCUT2D eigenvalue weighted by atomic mass is 10.1. The minimum absolute atomic E-state index is 0.183. The van der Waals surface area contributed by atoms with Gasteiger partial charge in [-0.05, 0) is 37.6 Å². The lowest BCUT2D eigenvalue weighted by Gasteiger charge is -2.17. The molecule has 0 radical (unpaired) electrons. The fourth-order valence-electron chi connectivity index (χ4n) is 3.18. The summed E-state index contributed by atoms with van der Waals surface area (Å²) in [6.45, 7) is 3.56. The van der Waals surface area contributed by atoms with Crippen LogP contribution in [0.5, 0.6) is 5.75 Å². The van der Waals surface area contributed by atoms with Crippen LogP contribution in [0.15, 0.2) is 66.1 Å². The van der Waals surface area contributed by atoms with Gasteiger partial charge >= 0.3 is 0 Å². The highest BCUT2D eigenvalue weighted by Crippen LogP contribution is 2.30. The maximum atomic E-state index is 12.6. The van der Waals surface area contributed by atoms with Crippen molar-refractivity contribution in [2.24, 2.45) is 0 Å². The van der Waals surface area contributed by atoms with Gasteiger partial charge in [0.25, 0.3) is 5.56 Å². The molecule has 8 heteroatoms. The quantitative estimate of drug-likeness (QED) is 0.476. The monoisotopic (exact) mass is 407 g/mol. The van der Waals surface area contributed by atoms with Gasteiger partial charge in [-0.15, -0.1) is 0 Å². The molecule has 0 saturated carbocycles. The maximum absolute atomic E-state index is 12.6. The number of aromatic nitrogens is 4. The highest BCUT2D eigenvalue weighted by atomic mass is 16.6. The Balaban J connectivity index is 1.79. The molecule has 0 unspecified atom stereocenters. The van der Waals surface area contributed by atoms with Crippen LogP contribution in [0.2, 0.25) is 0 Å². The van der Waals surface area contributed by atoms with Crippen LogP contribution in [0.3, 0.4) is 0 Å². The normalized spacial score (nSPS) is 11.6. The van der Waals surface area contributed by atoms with E-state index in [9.17, 15) is 9.90 Å². The fourth-order valence-corrected chi connectivity index (χ4v) is 3.18. The van der Waals surface area contributed by atoms with Crippen molar-refractivity contribution >= 4 is 11.0 Å². The molecule has 0 aliphatic heterocycles. The number of aromatic amines is 1. The van der Waals surface area contributed by atoms with Gasteiger partial charge in [-0.25, -0.2) is 4.98 Å². The van der Waals surface area contributed by atoms with Crippen LogP contribution in [0.4, 0.5) is 0 Å². The molecule has 8 nitrogen and oxygen atoms in total. The predicted molar refractivity (Wildman–Crippen MR) is 112 cm³/mol. The summed E-state index contributed by atoms with van der Waals surface area (Å²) in [7, 11) is 1.58. The molecule has 0 amide bonds. The van der Waals surface area contributed by atoms with Gasteiger partial charge in [0.05, 0.1) is 17.3 Å². The zero-order valence-electron chi connectivity index (χ0n) is 17.0. The average Bonchev–Trinajstić information content (AvgIpc) is 3.13. The summed E-state index contributed by atoms with van der Waals surface area (Å²) in [6.07, 6.45) is 6.86. The number of fused-ring (bicyclic) bond motifs is 1. The van der Waals surface area contributed by atoms with Gasteiger partial charge in [0.1, 0.15) is 25.2 Å². The highest BCUT2D eigenvalue weighted by Gasteiger charge is 2.18. The number of benzene rings is 1. The summed E-state index contributed by atoms with van der Waals surface area (Å²) in [4.78, 5) is 24.9. The van der Waals surface area contributed by atoms with E-state index in [1.807, 2.05) is 47.2 Å². The van der Waals surface area contributed by atoms with Crippen LogP contribution in [0.25, 0.3) is 27.8 Å². The molecule has 0 fully saturated rings. The van der Waals surface area contributed by atoms with Crippen molar-refractivity contribution in [3.05, 3.63) is 71.7 Å². The first-order chi connectivity index (χ1) is 14.4. The minimum Gasteiger partial charge on any atom is -0.491 e. The van der Waals surface area contributed by atoms with Crippen molar-refractivity contribution in [1.82, 2.24) is 14.5 Å². The van der Waals surface area contributed by atoms with Gasteiger partial charge in [-0.2, -0.15) is 0 Å². The molecule has 4 aromatic rings. The van der Waals surface area contributed by atoms with Crippen LogP contribution in [0, 0.1) is 0 Å². The van der Waals surface area contributed by atoms with E-state index < -0.39 is 5.60 Å². The van der Waals surface area contributed by atoms with E-state index in [1.165, 1.54) is 6.33 Å². The molecule has 4 rings (SSSR count). The third-order valence-electron chi connectivity index (χ3n) is 4.59. The lowest BCUT2D eigenvalue weighted by molar-refractivity contribution is -0.885. The Kier molecular flexibility index (Phi) is 5.01. The zero-order chi connectivity index (χ0) is 21.3.